The van der Waals surface area contributed by atoms with Gasteiger partial charge in [0.15, 0.2) is 11.6 Å². The number of hydrogen-bond acceptors (Lipinski definition) is 3. The highest BCUT2D eigenvalue weighted by atomic mass is 32.2. The molecule has 0 radical (unpaired) electrons. The smallest absolute Gasteiger partial charge is 0.201 e. The molecule has 0 amide bonds. The number of halogens is 2. The van der Waals surface area contributed by atoms with Crippen LogP contribution in [-0.4, -0.2) is 12.1 Å². The molecule has 6 heteroatoms. The summed E-state index contributed by atoms with van der Waals surface area (Å²) in [5.41, 5.74) is 5.90. The van der Waals surface area contributed by atoms with Crippen LogP contribution in [0.5, 0.6) is 11.5 Å². The average molecular weight is 294 g/mol. The van der Waals surface area contributed by atoms with Gasteiger partial charge in [0, 0.05) is 4.90 Å². The normalized spacial score (nSPS) is 10.3. The van der Waals surface area contributed by atoms with Gasteiger partial charge in [-0.3, -0.25) is 5.41 Å². The van der Waals surface area contributed by atoms with Crippen LogP contribution in [0.2, 0.25) is 0 Å². The van der Waals surface area contributed by atoms with Crippen molar-refractivity contribution in [3.05, 3.63) is 53.6 Å². The van der Waals surface area contributed by atoms with Crippen molar-refractivity contribution in [3.8, 4) is 11.5 Å². The van der Waals surface area contributed by atoms with Crippen molar-refractivity contribution in [1.82, 2.24) is 0 Å². The molecule has 0 bridgehead atoms. The van der Waals surface area contributed by atoms with E-state index in [1.807, 2.05) is 6.26 Å². The third kappa shape index (κ3) is 2.75. The Morgan fingerprint density at radius 1 is 1.15 bits per heavy atom. The van der Waals surface area contributed by atoms with E-state index in [1.165, 1.54) is 23.9 Å². The van der Waals surface area contributed by atoms with Crippen LogP contribution in [0.15, 0.2) is 41.3 Å². The third-order valence-electron chi connectivity index (χ3n) is 2.61. The van der Waals surface area contributed by atoms with E-state index in [0.29, 0.717) is 5.56 Å². The van der Waals surface area contributed by atoms with Gasteiger partial charge in [-0.15, -0.1) is 11.8 Å². The van der Waals surface area contributed by atoms with Gasteiger partial charge in [-0.2, -0.15) is 4.39 Å². The summed E-state index contributed by atoms with van der Waals surface area (Å²) in [5, 5.41) is 7.60. The van der Waals surface area contributed by atoms with Crippen LogP contribution < -0.4 is 10.5 Å². The number of thioether (sulfide) groups is 1. The summed E-state index contributed by atoms with van der Waals surface area (Å²) in [5.74, 6) is -2.29. The molecule has 3 nitrogen and oxygen atoms in total. The summed E-state index contributed by atoms with van der Waals surface area (Å²) in [6, 6.07) is 8.70. The number of ether oxygens (including phenoxy) is 1. The fraction of sp³-hybridized carbons (Fsp3) is 0.0714. The predicted molar refractivity (Wildman–Crippen MR) is 75.7 cm³/mol. The number of rotatable bonds is 4. The van der Waals surface area contributed by atoms with Crippen molar-refractivity contribution in [3.63, 3.8) is 0 Å². The minimum atomic E-state index is -1.07. The topological polar surface area (TPSA) is 59.1 Å². The van der Waals surface area contributed by atoms with Crippen LogP contribution in [0.1, 0.15) is 5.56 Å². The second-order valence-electron chi connectivity index (χ2n) is 3.90. The molecule has 0 atom stereocenters. The Labute approximate surface area is 119 Å². The average Bonchev–Trinajstić information content (AvgIpc) is 2.43. The molecule has 2 aromatic rings. The first kappa shape index (κ1) is 14.3. The molecule has 3 N–H and O–H groups in total. The van der Waals surface area contributed by atoms with Crippen LogP contribution in [0.3, 0.4) is 0 Å². The number of benzene rings is 2. The maximum Gasteiger partial charge on any atom is 0.201 e. The van der Waals surface area contributed by atoms with Crippen molar-refractivity contribution >= 4 is 17.6 Å². The van der Waals surface area contributed by atoms with E-state index in [9.17, 15) is 8.78 Å². The number of amidine groups is 1. The zero-order valence-electron chi connectivity index (χ0n) is 10.6. The maximum atomic E-state index is 13.6. The highest BCUT2D eigenvalue weighted by Crippen LogP contribution is 2.33. The molecule has 0 heterocycles. The van der Waals surface area contributed by atoms with Gasteiger partial charge in [0.2, 0.25) is 5.82 Å². The summed E-state index contributed by atoms with van der Waals surface area (Å²) in [6.45, 7) is 0. The lowest BCUT2D eigenvalue weighted by Gasteiger charge is -2.13. The molecule has 104 valence electrons. The second-order valence-corrected chi connectivity index (χ2v) is 4.75. The second kappa shape index (κ2) is 5.92. The Balaban J connectivity index is 2.48. The minimum Gasteiger partial charge on any atom is -0.453 e. The molecular formula is C14H12F2N2OS. The Bertz CT molecular complexity index is 662. The lowest BCUT2D eigenvalue weighted by atomic mass is 10.2. The molecule has 0 aliphatic heterocycles. The largest absolute Gasteiger partial charge is 0.453 e. The Morgan fingerprint density at radius 2 is 1.80 bits per heavy atom. The van der Waals surface area contributed by atoms with E-state index in [-0.39, 0.29) is 17.3 Å². The van der Waals surface area contributed by atoms with Crippen molar-refractivity contribution in [1.29, 1.82) is 5.41 Å². The zero-order chi connectivity index (χ0) is 14.7. The summed E-state index contributed by atoms with van der Waals surface area (Å²) >= 11 is 1.39. The van der Waals surface area contributed by atoms with Gasteiger partial charge in [-0.25, -0.2) is 4.39 Å². The lowest BCUT2D eigenvalue weighted by molar-refractivity contribution is 0.415. The molecule has 0 unspecified atom stereocenters. The van der Waals surface area contributed by atoms with Gasteiger partial charge in [0.1, 0.15) is 11.6 Å². The van der Waals surface area contributed by atoms with Gasteiger partial charge >= 0.3 is 0 Å². The van der Waals surface area contributed by atoms with E-state index >= 15 is 0 Å². The van der Waals surface area contributed by atoms with Crippen LogP contribution in [0.4, 0.5) is 8.78 Å². The van der Waals surface area contributed by atoms with Gasteiger partial charge < -0.3 is 10.5 Å². The van der Waals surface area contributed by atoms with E-state index in [0.717, 1.165) is 11.0 Å². The fourth-order valence-electron chi connectivity index (χ4n) is 1.71. The predicted octanol–water partition coefficient (Wildman–Crippen LogP) is 3.76. The molecule has 0 saturated carbocycles. The molecule has 2 aromatic carbocycles. The summed E-state index contributed by atoms with van der Waals surface area (Å²) in [4.78, 5) is 0.729. The van der Waals surface area contributed by atoms with Crippen molar-refractivity contribution in [2.75, 3.05) is 6.26 Å². The number of nitrogens with two attached hydrogens (primary N) is 1. The van der Waals surface area contributed by atoms with Gasteiger partial charge in [-0.1, -0.05) is 12.1 Å². The Hall–Kier alpha value is -2.08. The van der Waals surface area contributed by atoms with Crippen molar-refractivity contribution in [2.24, 2.45) is 5.73 Å². The monoisotopic (exact) mass is 294 g/mol. The standard InChI is InChI=1S/C14H12F2N2OS/c1-20-11-7-3-5-9(12(11)14(17)18)19-10-6-2-4-8(15)13(10)16/h2-7H,1H3,(H3,17,18). The van der Waals surface area contributed by atoms with Crippen molar-refractivity contribution < 1.29 is 13.5 Å². The Morgan fingerprint density at radius 3 is 2.45 bits per heavy atom. The summed E-state index contributed by atoms with van der Waals surface area (Å²) < 4.78 is 32.1. The molecule has 20 heavy (non-hydrogen) atoms. The van der Waals surface area contributed by atoms with Gasteiger partial charge in [0.05, 0.1) is 5.56 Å². The first-order chi connectivity index (χ1) is 9.54. The summed E-state index contributed by atoms with van der Waals surface area (Å²) in [7, 11) is 0. The lowest BCUT2D eigenvalue weighted by Crippen LogP contribution is -2.13. The molecule has 0 aliphatic carbocycles. The highest BCUT2D eigenvalue weighted by molar-refractivity contribution is 7.98. The SMILES string of the molecule is CSc1cccc(Oc2cccc(F)c2F)c1C(=N)N. The van der Waals surface area contributed by atoms with Gasteiger partial charge in [-0.05, 0) is 30.5 Å². The first-order valence-electron chi connectivity index (χ1n) is 5.68. The van der Waals surface area contributed by atoms with E-state index in [4.69, 9.17) is 15.9 Å². The van der Waals surface area contributed by atoms with E-state index in [1.54, 1.807) is 18.2 Å². The van der Waals surface area contributed by atoms with Crippen LogP contribution >= 0.6 is 11.8 Å². The molecule has 2 rings (SSSR count). The minimum absolute atomic E-state index is 0.193. The maximum absolute atomic E-state index is 13.6. The van der Waals surface area contributed by atoms with Gasteiger partial charge in [0.25, 0.3) is 0 Å². The number of nitrogen functional groups attached to an aromatic ring is 1. The molecule has 0 aliphatic rings. The molecule has 0 aromatic heterocycles. The van der Waals surface area contributed by atoms with Crippen molar-refractivity contribution in [2.45, 2.75) is 4.90 Å². The van der Waals surface area contributed by atoms with E-state index in [2.05, 4.69) is 0 Å². The fourth-order valence-corrected chi connectivity index (χ4v) is 2.34. The number of nitrogens with one attached hydrogen (secondary N) is 1. The van der Waals surface area contributed by atoms with E-state index < -0.39 is 11.6 Å². The summed E-state index contributed by atoms with van der Waals surface area (Å²) in [6.07, 6.45) is 1.83. The number of hydrogen-bond donors (Lipinski definition) is 2. The van der Waals surface area contributed by atoms with Crippen LogP contribution in [0.25, 0.3) is 0 Å². The van der Waals surface area contributed by atoms with Crippen LogP contribution in [-0.2, 0) is 0 Å². The Kier molecular flexibility index (Phi) is 4.24. The quantitative estimate of drug-likeness (QED) is 0.513. The molecule has 0 spiro atoms. The highest BCUT2D eigenvalue weighted by Gasteiger charge is 2.15. The molecule has 0 fully saturated rings. The molecule has 0 saturated heterocycles. The van der Waals surface area contributed by atoms with Crippen LogP contribution in [0, 0.1) is 17.0 Å². The first-order valence-corrected chi connectivity index (χ1v) is 6.90. The zero-order valence-corrected chi connectivity index (χ0v) is 11.4. The third-order valence-corrected chi connectivity index (χ3v) is 3.39. The molecular weight excluding hydrogens is 282 g/mol.